The van der Waals surface area contributed by atoms with Gasteiger partial charge in [-0.3, -0.25) is 4.79 Å². The van der Waals surface area contributed by atoms with Gasteiger partial charge in [0.25, 0.3) is 0 Å². The number of carboxylic acids is 1. The molecule has 1 atom stereocenters. The van der Waals surface area contributed by atoms with E-state index in [0.29, 0.717) is 18.8 Å². The maximum absolute atomic E-state index is 12.2. The SMILES string of the molecule is CCC1CCC(C(=O)NC(CC(F)F)C(=O)O)CC1. The van der Waals surface area contributed by atoms with Crippen molar-refractivity contribution in [1.29, 1.82) is 0 Å². The van der Waals surface area contributed by atoms with Crippen LogP contribution in [0.2, 0.25) is 0 Å². The molecule has 0 aliphatic heterocycles. The van der Waals surface area contributed by atoms with Gasteiger partial charge in [-0.1, -0.05) is 13.3 Å². The van der Waals surface area contributed by atoms with Gasteiger partial charge in [-0.25, -0.2) is 13.6 Å². The predicted octanol–water partition coefficient (Wildman–Crippen LogP) is 2.43. The maximum atomic E-state index is 12.2. The molecule has 0 aromatic rings. The monoisotopic (exact) mass is 277 g/mol. The Bertz CT molecular complexity index is 315. The smallest absolute Gasteiger partial charge is 0.326 e. The van der Waals surface area contributed by atoms with Crippen molar-refractivity contribution >= 4 is 11.9 Å². The number of hydrogen-bond acceptors (Lipinski definition) is 2. The summed E-state index contributed by atoms with van der Waals surface area (Å²) in [6.45, 7) is 2.11. The van der Waals surface area contributed by atoms with Crippen molar-refractivity contribution in [3.63, 3.8) is 0 Å². The third kappa shape index (κ3) is 5.12. The summed E-state index contributed by atoms with van der Waals surface area (Å²) in [5, 5.41) is 11.0. The number of carboxylic acid groups (broad SMARTS) is 1. The molecule has 0 heterocycles. The molecule has 1 aliphatic carbocycles. The highest BCUT2D eigenvalue weighted by Crippen LogP contribution is 2.30. The number of carbonyl (C=O) groups excluding carboxylic acids is 1. The van der Waals surface area contributed by atoms with E-state index in [0.717, 1.165) is 19.3 Å². The van der Waals surface area contributed by atoms with Crippen LogP contribution in [-0.2, 0) is 9.59 Å². The molecule has 0 aromatic heterocycles. The second kappa shape index (κ2) is 7.40. The fraction of sp³-hybridized carbons (Fsp3) is 0.846. The maximum Gasteiger partial charge on any atom is 0.326 e. The topological polar surface area (TPSA) is 66.4 Å². The molecule has 0 bridgehead atoms. The number of aliphatic carboxylic acids is 1. The van der Waals surface area contributed by atoms with Gasteiger partial charge in [-0.05, 0) is 31.6 Å². The molecule has 0 radical (unpaired) electrons. The fourth-order valence-electron chi connectivity index (χ4n) is 2.52. The Balaban J connectivity index is 2.46. The van der Waals surface area contributed by atoms with E-state index in [1.807, 2.05) is 0 Å². The third-order valence-electron chi connectivity index (χ3n) is 3.82. The van der Waals surface area contributed by atoms with Crippen LogP contribution in [0.1, 0.15) is 45.4 Å². The zero-order valence-corrected chi connectivity index (χ0v) is 11.1. The van der Waals surface area contributed by atoms with Crippen LogP contribution < -0.4 is 5.32 Å². The van der Waals surface area contributed by atoms with E-state index in [2.05, 4.69) is 12.2 Å². The van der Waals surface area contributed by atoms with Gasteiger partial charge >= 0.3 is 5.97 Å². The summed E-state index contributed by atoms with van der Waals surface area (Å²) in [6.07, 6.45) is 0.819. The molecule has 1 amide bonds. The zero-order chi connectivity index (χ0) is 14.4. The number of rotatable bonds is 6. The average molecular weight is 277 g/mol. The molecule has 1 rings (SSSR count). The van der Waals surface area contributed by atoms with E-state index in [1.54, 1.807) is 0 Å². The summed E-state index contributed by atoms with van der Waals surface area (Å²) < 4.78 is 24.4. The summed E-state index contributed by atoms with van der Waals surface area (Å²) in [4.78, 5) is 22.7. The number of nitrogens with one attached hydrogen (secondary N) is 1. The van der Waals surface area contributed by atoms with Crippen molar-refractivity contribution in [3.8, 4) is 0 Å². The van der Waals surface area contributed by atoms with Crippen molar-refractivity contribution in [1.82, 2.24) is 5.32 Å². The summed E-state index contributed by atoms with van der Waals surface area (Å²) in [5.74, 6) is -1.42. The van der Waals surface area contributed by atoms with Gasteiger partial charge in [-0.2, -0.15) is 0 Å². The molecule has 19 heavy (non-hydrogen) atoms. The lowest BCUT2D eigenvalue weighted by atomic mass is 9.80. The molecule has 1 aliphatic rings. The van der Waals surface area contributed by atoms with Crippen molar-refractivity contribution in [3.05, 3.63) is 0 Å². The van der Waals surface area contributed by atoms with Crippen LogP contribution in [0.5, 0.6) is 0 Å². The number of alkyl halides is 2. The van der Waals surface area contributed by atoms with E-state index >= 15 is 0 Å². The minimum Gasteiger partial charge on any atom is -0.480 e. The first kappa shape index (κ1) is 15.9. The summed E-state index contributed by atoms with van der Waals surface area (Å²) in [5.41, 5.74) is 0. The highest BCUT2D eigenvalue weighted by Gasteiger charge is 2.30. The zero-order valence-electron chi connectivity index (χ0n) is 11.1. The van der Waals surface area contributed by atoms with Gasteiger partial charge in [0.1, 0.15) is 6.04 Å². The molecule has 2 N–H and O–H groups in total. The Kier molecular flexibility index (Phi) is 6.18. The summed E-state index contributed by atoms with van der Waals surface area (Å²) in [6, 6.07) is -1.49. The Labute approximate surface area is 111 Å². The number of halogens is 2. The molecule has 6 heteroatoms. The number of amides is 1. The van der Waals surface area contributed by atoms with E-state index in [4.69, 9.17) is 5.11 Å². The largest absolute Gasteiger partial charge is 0.480 e. The van der Waals surface area contributed by atoms with Crippen molar-refractivity contribution in [2.24, 2.45) is 11.8 Å². The van der Waals surface area contributed by atoms with Crippen molar-refractivity contribution in [2.45, 2.75) is 57.9 Å². The van der Waals surface area contributed by atoms with Crippen LogP contribution in [0, 0.1) is 11.8 Å². The first-order chi connectivity index (χ1) is 8.93. The minimum atomic E-state index is -2.74. The quantitative estimate of drug-likeness (QED) is 0.783. The van der Waals surface area contributed by atoms with Crippen LogP contribution in [0.25, 0.3) is 0 Å². The molecule has 1 unspecified atom stereocenters. The molecule has 4 nitrogen and oxygen atoms in total. The van der Waals surface area contributed by atoms with Gasteiger partial charge in [0.05, 0.1) is 0 Å². The standard InChI is InChI=1S/C13H21F2NO3/c1-2-8-3-5-9(6-4-8)12(17)16-10(13(18)19)7-11(14)15/h8-11H,2-7H2,1H3,(H,16,17)(H,18,19). The Hall–Kier alpha value is -1.20. The molecule has 1 saturated carbocycles. The molecule has 110 valence electrons. The number of carbonyl (C=O) groups is 2. The third-order valence-corrected chi connectivity index (χ3v) is 3.82. The predicted molar refractivity (Wildman–Crippen MR) is 65.9 cm³/mol. The van der Waals surface area contributed by atoms with Gasteiger partial charge < -0.3 is 10.4 Å². The summed E-state index contributed by atoms with van der Waals surface area (Å²) >= 11 is 0. The van der Waals surface area contributed by atoms with Crippen LogP contribution in [0.3, 0.4) is 0 Å². The van der Waals surface area contributed by atoms with Gasteiger partial charge in [-0.15, -0.1) is 0 Å². The molecular formula is C13H21F2NO3. The minimum absolute atomic E-state index is 0.234. The van der Waals surface area contributed by atoms with Gasteiger partial charge in [0, 0.05) is 12.3 Å². The van der Waals surface area contributed by atoms with Crippen LogP contribution >= 0.6 is 0 Å². The first-order valence-electron chi connectivity index (χ1n) is 6.75. The molecule has 1 fully saturated rings. The van der Waals surface area contributed by atoms with E-state index in [-0.39, 0.29) is 5.92 Å². The second-order valence-corrected chi connectivity index (χ2v) is 5.15. The highest BCUT2D eigenvalue weighted by atomic mass is 19.3. The van der Waals surface area contributed by atoms with Crippen LogP contribution in [0.4, 0.5) is 8.78 Å². The van der Waals surface area contributed by atoms with E-state index in [9.17, 15) is 18.4 Å². The van der Waals surface area contributed by atoms with Crippen LogP contribution in [0.15, 0.2) is 0 Å². The van der Waals surface area contributed by atoms with Gasteiger partial charge in [0.2, 0.25) is 12.3 Å². The fourth-order valence-corrected chi connectivity index (χ4v) is 2.52. The van der Waals surface area contributed by atoms with Crippen LogP contribution in [-0.4, -0.2) is 29.5 Å². The van der Waals surface area contributed by atoms with E-state index in [1.165, 1.54) is 0 Å². The van der Waals surface area contributed by atoms with Crippen molar-refractivity contribution in [2.75, 3.05) is 0 Å². The molecule has 0 saturated heterocycles. The van der Waals surface area contributed by atoms with E-state index < -0.39 is 30.8 Å². The highest BCUT2D eigenvalue weighted by molar-refractivity contribution is 5.85. The first-order valence-corrected chi connectivity index (χ1v) is 6.75. The Morgan fingerprint density at radius 2 is 1.84 bits per heavy atom. The molecule has 0 aromatic carbocycles. The normalized spacial score (nSPS) is 25.1. The van der Waals surface area contributed by atoms with Crippen molar-refractivity contribution < 1.29 is 23.5 Å². The molecule has 0 spiro atoms. The molecular weight excluding hydrogens is 256 g/mol. The Morgan fingerprint density at radius 1 is 1.26 bits per heavy atom. The van der Waals surface area contributed by atoms with Gasteiger partial charge in [0.15, 0.2) is 0 Å². The average Bonchev–Trinajstić information content (AvgIpc) is 2.37. The lowest BCUT2D eigenvalue weighted by Crippen LogP contribution is -2.45. The lowest BCUT2D eigenvalue weighted by molar-refractivity contribution is -0.143. The summed E-state index contributed by atoms with van der Waals surface area (Å²) in [7, 11) is 0. The number of hydrogen-bond donors (Lipinski definition) is 2. The second-order valence-electron chi connectivity index (χ2n) is 5.15. The lowest BCUT2D eigenvalue weighted by Gasteiger charge is -2.27. The Morgan fingerprint density at radius 3 is 2.26 bits per heavy atom.